The minimum atomic E-state index is -2.69. The Kier molecular flexibility index (Phi) is 58.7. The van der Waals surface area contributed by atoms with Gasteiger partial charge in [-0.15, -0.1) is 0 Å². The summed E-state index contributed by atoms with van der Waals surface area (Å²) in [5.41, 5.74) is 4.57. The van der Waals surface area contributed by atoms with E-state index in [1.165, 1.54) is 0 Å². The summed E-state index contributed by atoms with van der Waals surface area (Å²) in [5.74, 6) is -2.37. The zero-order chi connectivity index (χ0) is 109. The van der Waals surface area contributed by atoms with Gasteiger partial charge in [-0.05, 0) is 231 Å². The van der Waals surface area contributed by atoms with Crippen molar-refractivity contribution in [2.75, 3.05) is 20.8 Å². The molecule has 2 aromatic rings. The van der Waals surface area contributed by atoms with Crippen molar-refractivity contribution in [3.05, 3.63) is 145 Å². The Labute approximate surface area is 906 Å². The molecule has 3 heterocycles. The lowest BCUT2D eigenvalue weighted by molar-refractivity contribution is -0.310. The quantitative estimate of drug-likeness (QED) is 0.0283. The monoisotopic (exact) mass is 2200 g/mol. The van der Waals surface area contributed by atoms with Gasteiger partial charge >= 0.3 is 12.1 Å². The molecular weight excluding hydrogens is 1990 g/mol. The Morgan fingerprint density at radius 2 is 0.776 bits per heavy atom. The molecule has 19 atom stereocenters. The molecule has 3 aliphatic heterocycles. The largest absolute Gasteiger partial charge is 0.462 e. The van der Waals surface area contributed by atoms with Crippen LogP contribution in [0, 0.1) is 17.8 Å². The number of nitrogens with zero attached hydrogens (tertiary/aromatic N) is 1. The number of ether oxygens (including phenoxy) is 6. The number of nitrogens with one attached hydrogen (secondary N) is 1. The molecule has 20 nitrogen and oxygen atoms in total. The number of rotatable bonds is 53. The van der Waals surface area contributed by atoms with Gasteiger partial charge in [-0.3, -0.25) is 4.79 Å². The number of oxime groups is 1. The Bertz CT molecular complexity index is 4170. The molecule has 0 saturated carbocycles. The van der Waals surface area contributed by atoms with Crippen molar-refractivity contribution in [3.8, 4) is 11.1 Å². The SMILES string of the molecule is CC[Si](CC)(CC)O[C@@H]1CC[C@@H](O[Si](CC)(CC)CC)[C@H](O[Si](CC)(CC)CC)C[C@H](O[Si](CC)(CC)CC)C[C@]2(OC)C[C@H](O[Si](CC)(CC)CC)[C@@H](/C=N/OC)[C@H](C[C@@H](O[C@@H]3O[C@H](C)[C@@H](O[Si](CC)(CC)CC)[C@H](NC(=O)OCC4c5ccccc5-c5ccccc54)[C@@H]3O[Si](CC)(CC)CC)C=CC=CC=CC=CC=CC=CC=C[C@H](C)[C@@H](O[Si](CC)(CC)CC)[C@@H](C)[C@H](C)OC(=O)C[C@H](O[Si](CC)(CC)CC)C1)O2. The van der Waals surface area contributed by atoms with Crippen LogP contribution < -0.4 is 5.32 Å². The topological polar surface area (TPSA) is 206 Å². The van der Waals surface area contributed by atoms with E-state index in [1.807, 2.05) is 55.9 Å². The van der Waals surface area contributed by atoms with Gasteiger partial charge in [0.2, 0.25) is 0 Å². The molecule has 1 aliphatic carbocycles. The Hall–Kier alpha value is -3.74. The van der Waals surface area contributed by atoms with Crippen LogP contribution >= 0.6 is 0 Å². The van der Waals surface area contributed by atoms with Crippen LogP contribution in [-0.2, 0) is 77.9 Å². The smallest absolute Gasteiger partial charge is 0.407 e. The van der Waals surface area contributed by atoms with Crippen LogP contribution in [0.1, 0.15) is 283 Å². The molecule has 6 rings (SSSR count). The molecule has 2 saturated heterocycles. The summed E-state index contributed by atoms with van der Waals surface area (Å²) in [6.45, 7) is 71.2. The zero-order valence-electron chi connectivity index (χ0n) is 99.0. The van der Waals surface area contributed by atoms with Crippen LogP contribution in [0.3, 0.4) is 0 Å². The van der Waals surface area contributed by atoms with Crippen molar-refractivity contribution in [3.63, 3.8) is 0 Å². The molecule has 0 spiro atoms. The molecule has 29 heteroatoms. The van der Waals surface area contributed by atoms with Crippen molar-refractivity contribution in [1.29, 1.82) is 0 Å². The number of fused-ring (bicyclic) bond motifs is 5. The predicted molar refractivity (Wildman–Crippen MR) is 638 cm³/mol. The fourth-order valence-electron chi connectivity index (χ4n) is 24.0. The number of methoxy groups -OCH3 is 1. The fourth-order valence-corrected chi connectivity index (χ4v) is 50.2. The highest BCUT2D eigenvalue weighted by Gasteiger charge is 2.57. The van der Waals surface area contributed by atoms with E-state index in [0.29, 0.717) is 38.5 Å². The lowest BCUT2D eigenvalue weighted by atomic mass is 9.83. The normalized spacial score (nSPS) is 26.7. The van der Waals surface area contributed by atoms with Gasteiger partial charge in [-0.1, -0.05) is 340 Å². The lowest BCUT2D eigenvalue weighted by Crippen LogP contribution is -2.69. The maximum Gasteiger partial charge on any atom is 0.407 e. The third-order valence-electron chi connectivity index (χ3n) is 36.8. The summed E-state index contributed by atoms with van der Waals surface area (Å²) in [5, 5.41) is 8.33. The molecular formula is C118H214N2O18Si9. The molecule has 1 amide bonds. The number of benzene rings is 2. The van der Waals surface area contributed by atoms with Gasteiger partial charge in [-0.25, -0.2) is 4.79 Å². The highest BCUT2D eigenvalue weighted by molar-refractivity contribution is 6.77. The van der Waals surface area contributed by atoms with E-state index in [9.17, 15) is 0 Å². The highest BCUT2D eigenvalue weighted by atomic mass is 28.4. The second-order valence-electron chi connectivity index (χ2n) is 43.3. The average Bonchev–Trinajstić information content (AvgIpc) is 1.60. The molecule has 4 aliphatic rings. The third kappa shape index (κ3) is 36.4. The van der Waals surface area contributed by atoms with Crippen molar-refractivity contribution in [2.24, 2.45) is 22.9 Å². The van der Waals surface area contributed by atoms with Gasteiger partial charge in [0.25, 0.3) is 0 Å². The van der Waals surface area contributed by atoms with Gasteiger partial charge in [0.05, 0.1) is 79.7 Å². The number of carbonyl (C=O) groups excluding carboxylic acids is 2. The first-order chi connectivity index (χ1) is 70.5. The number of esters is 1. The van der Waals surface area contributed by atoms with Crippen LogP contribution in [0.15, 0.2) is 139 Å². The number of carbonyl (C=O) groups is 2. The molecule has 2 aromatic carbocycles. The Morgan fingerprint density at radius 1 is 0.401 bits per heavy atom. The number of hydrogen-bond acceptors (Lipinski definition) is 19. The van der Waals surface area contributed by atoms with E-state index >= 15 is 9.59 Å². The van der Waals surface area contributed by atoms with E-state index < -0.39 is 166 Å². The van der Waals surface area contributed by atoms with Gasteiger partial charge in [0.1, 0.15) is 25.9 Å². The number of amides is 1. The second kappa shape index (κ2) is 65.5. The average molecular weight is 2200 g/mol. The highest BCUT2D eigenvalue weighted by Crippen LogP contribution is 2.49. The predicted octanol–water partition coefficient (Wildman–Crippen LogP) is 32.8. The zero-order valence-corrected chi connectivity index (χ0v) is 108. The van der Waals surface area contributed by atoms with Crippen molar-refractivity contribution in [2.45, 2.75) is 533 Å². The number of cyclic esters (lactones) is 1. The summed E-state index contributed by atoms with van der Waals surface area (Å²) >= 11 is 0. The van der Waals surface area contributed by atoms with Gasteiger partial charge < -0.3 is 78.4 Å². The number of allylic oxidation sites excluding steroid dienone is 12. The van der Waals surface area contributed by atoms with Crippen LogP contribution in [0.25, 0.3) is 11.1 Å². The summed E-state index contributed by atoms with van der Waals surface area (Å²) < 4.78 is 118. The molecule has 2 bridgehead atoms. The van der Waals surface area contributed by atoms with Gasteiger partial charge in [0.15, 0.2) is 86.9 Å². The molecule has 2 fully saturated rings. The third-order valence-corrected chi connectivity index (χ3v) is 78.9. The first-order valence-corrected chi connectivity index (χ1v) is 82.0. The van der Waals surface area contributed by atoms with E-state index in [1.54, 1.807) is 7.11 Å². The van der Waals surface area contributed by atoms with Gasteiger partial charge in [-0.2, -0.15) is 0 Å². The summed E-state index contributed by atoms with van der Waals surface area (Å²) in [7, 11) is -19.0. The minimum Gasteiger partial charge on any atom is -0.462 e. The molecule has 147 heavy (non-hydrogen) atoms. The molecule has 0 unspecified atom stereocenters. The molecule has 840 valence electrons. The van der Waals surface area contributed by atoms with Gasteiger partial charge in [0, 0.05) is 50.2 Å². The number of alkyl carbamates (subject to hydrolysis) is 1. The van der Waals surface area contributed by atoms with Crippen LogP contribution in [0.5, 0.6) is 0 Å². The lowest BCUT2D eigenvalue weighted by Gasteiger charge is -2.52. The maximum absolute atomic E-state index is 15.6. The number of hydrogen-bond donors (Lipinski definition) is 1. The van der Waals surface area contributed by atoms with E-state index in [2.05, 4.69) is 311 Å². The fraction of sp³-hybridized carbons (Fsp3) is 0.754. The molecule has 0 aromatic heterocycles. The Morgan fingerprint density at radius 3 is 1.20 bits per heavy atom. The Balaban J connectivity index is 1.76. The first kappa shape index (κ1) is 132. The van der Waals surface area contributed by atoms with Crippen molar-refractivity contribution < 1.29 is 82.7 Å². The van der Waals surface area contributed by atoms with Crippen LogP contribution in [0.4, 0.5) is 4.79 Å². The first-order valence-electron chi connectivity index (χ1n) is 59.2. The molecule has 0 radical (unpaired) electrons. The van der Waals surface area contributed by atoms with Crippen molar-refractivity contribution in [1.82, 2.24) is 5.32 Å². The van der Waals surface area contributed by atoms with Crippen LogP contribution in [0.2, 0.25) is 163 Å². The maximum atomic E-state index is 15.6. The summed E-state index contributed by atoms with van der Waals surface area (Å²) in [6.07, 6.45) is 26.1. The van der Waals surface area contributed by atoms with E-state index in [4.69, 9.17) is 78.2 Å². The van der Waals surface area contributed by atoms with E-state index in [-0.39, 0.29) is 61.5 Å². The minimum absolute atomic E-state index is 0.0132. The van der Waals surface area contributed by atoms with Crippen LogP contribution in [-0.4, -0.2) is 211 Å². The summed E-state index contributed by atoms with van der Waals surface area (Å²) in [4.78, 5) is 37.0. The standard InChI is InChI=1S/C118H214N2O18Si9/c1-34-139(35-2,36-3)130-98-83-84-107(133-142(43-10,44-11)45-12)109(134-143(46-13,47-14)48-15)87-100(132-141(40-7,41-8)42-9)89-118(123-32)90-110(135-144(49-16,50-17)51-18)105(91-119-124-33)108(129-118)86-97(78-72-70-68-66-64-62-61-63-65-67-69-71-77-93(28)113(136-145(52-19,53-20)54-21)94(29)95(30)126-111(121)88-99(85-98)131-140(37-4,38-5)39-6)128-116-115(138-147(58-25,59-26)60-27)112(114(96(31)127-116)137-146(55-22,56-23)57-24)120-117(122)125-92-106-103-81-75-73-79-101(103)102-80-74-76-82-104(102)106/h61-82,91,93-100,105-110,112-116H,34-60,83-90,92H2,1-33H3,(H,120,122)/b62-61?,65-63?,66-64?,69-67?,70-68?,77-71?,78-72?,119-91+/t93-,94-,95-,96+,97-,98+,99+,100-,105-,107+,108-,109+,110-,112-,113+,114+,115-,116-,118+/m0/s1. The van der Waals surface area contributed by atoms with Crippen molar-refractivity contribution >= 4 is 93.1 Å². The second-order valence-corrected chi connectivity index (χ2v) is 85.8. The summed E-state index contributed by atoms with van der Waals surface area (Å²) in [6, 6.07) is 41.0. The molecule has 1 N–H and O–H groups in total. The van der Waals surface area contributed by atoms with E-state index in [0.717, 1.165) is 185 Å².